The van der Waals surface area contributed by atoms with Crippen LogP contribution >= 0.6 is 11.6 Å². The molecule has 3 aromatic rings. The van der Waals surface area contributed by atoms with Gasteiger partial charge in [0.2, 0.25) is 0 Å². The third-order valence-corrected chi connectivity index (χ3v) is 6.33. The van der Waals surface area contributed by atoms with E-state index in [2.05, 4.69) is 16.3 Å². The van der Waals surface area contributed by atoms with E-state index >= 15 is 0 Å². The fourth-order valence-corrected chi connectivity index (χ4v) is 4.47. The van der Waals surface area contributed by atoms with Crippen LogP contribution in [-0.2, 0) is 13.1 Å². The van der Waals surface area contributed by atoms with Crippen LogP contribution in [0, 0.1) is 11.6 Å². The Balaban J connectivity index is 1.37. The van der Waals surface area contributed by atoms with Gasteiger partial charge in [-0.15, -0.1) is 0 Å². The molecule has 1 heterocycles. The molecule has 1 N–H and O–H groups in total. The van der Waals surface area contributed by atoms with Gasteiger partial charge in [-0.05, 0) is 72.8 Å². The van der Waals surface area contributed by atoms with Crippen LogP contribution in [-0.4, -0.2) is 23.9 Å². The molecule has 3 nitrogen and oxygen atoms in total. The summed E-state index contributed by atoms with van der Waals surface area (Å²) in [4.78, 5) is 14.9. The third kappa shape index (κ3) is 5.34. The second-order valence-electron chi connectivity index (χ2n) is 8.16. The lowest BCUT2D eigenvalue weighted by atomic mass is 9.86. The molecule has 0 saturated carbocycles. The van der Waals surface area contributed by atoms with E-state index in [-0.39, 0.29) is 16.4 Å². The van der Waals surface area contributed by atoms with Crippen molar-refractivity contribution >= 4 is 17.5 Å². The number of nitrogens with zero attached hydrogens (tertiary/aromatic N) is 1. The van der Waals surface area contributed by atoms with Gasteiger partial charge in [-0.2, -0.15) is 0 Å². The minimum Gasteiger partial charge on any atom is -0.348 e. The Morgan fingerprint density at radius 1 is 0.969 bits per heavy atom. The van der Waals surface area contributed by atoms with E-state index in [1.165, 1.54) is 29.8 Å². The van der Waals surface area contributed by atoms with Gasteiger partial charge in [0.1, 0.15) is 5.82 Å². The monoisotopic (exact) mass is 454 g/mol. The lowest BCUT2D eigenvalue weighted by molar-refractivity contribution is 0.0946. The summed E-state index contributed by atoms with van der Waals surface area (Å²) in [7, 11) is 0. The number of halogens is 3. The number of likely N-dealkylation sites (tertiary alicyclic amines) is 1. The summed E-state index contributed by atoms with van der Waals surface area (Å²) in [5.74, 6) is -0.993. The number of rotatable bonds is 6. The molecule has 3 aromatic carbocycles. The molecular formula is C26H25ClF2N2O. The zero-order chi connectivity index (χ0) is 22.5. The quantitative estimate of drug-likeness (QED) is 0.500. The first-order valence-corrected chi connectivity index (χ1v) is 11.2. The third-order valence-electron chi connectivity index (χ3n) is 6.04. The molecule has 1 aliphatic rings. The maximum absolute atomic E-state index is 14.1. The molecule has 0 spiro atoms. The minimum atomic E-state index is -0.700. The molecule has 32 heavy (non-hydrogen) atoms. The average Bonchev–Trinajstić information content (AvgIpc) is 2.81. The zero-order valence-electron chi connectivity index (χ0n) is 17.7. The highest BCUT2D eigenvalue weighted by Crippen LogP contribution is 2.31. The molecule has 1 amide bonds. The van der Waals surface area contributed by atoms with Gasteiger partial charge in [-0.1, -0.05) is 54.1 Å². The SMILES string of the molecule is O=C(NCc1ccccc1C1CCN(Cc2ccc(F)cc2)CC1)c1cccc(Cl)c1F. The fourth-order valence-electron chi connectivity index (χ4n) is 4.29. The Labute approximate surface area is 192 Å². The minimum absolute atomic E-state index is 0.0518. The number of hydrogen-bond acceptors (Lipinski definition) is 2. The highest BCUT2D eigenvalue weighted by Gasteiger charge is 2.23. The molecule has 0 bridgehead atoms. The van der Waals surface area contributed by atoms with E-state index in [1.54, 1.807) is 6.07 Å². The number of carbonyl (C=O) groups is 1. The lowest BCUT2D eigenvalue weighted by Crippen LogP contribution is -2.33. The van der Waals surface area contributed by atoms with Gasteiger partial charge in [0.05, 0.1) is 10.6 Å². The second-order valence-corrected chi connectivity index (χ2v) is 8.57. The summed E-state index contributed by atoms with van der Waals surface area (Å²) < 4.78 is 27.3. The van der Waals surface area contributed by atoms with Gasteiger partial charge in [0.25, 0.3) is 5.91 Å². The van der Waals surface area contributed by atoms with Crippen molar-refractivity contribution in [3.63, 3.8) is 0 Å². The summed E-state index contributed by atoms with van der Waals surface area (Å²) in [5.41, 5.74) is 3.33. The van der Waals surface area contributed by atoms with Gasteiger partial charge in [-0.25, -0.2) is 8.78 Å². The van der Waals surface area contributed by atoms with Gasteiger partial charge in [0, 0.05) is 13.1 Å². The van der Waals surface area contributed by atoms with Gasteiger partial charge >= 0.3 is 0 Å². The van der Waals surface area contributed by atoms with Gasteiger partial charge in [-0.3, -0.25) is 9.69 Å². The first-order valence-electron chi connectivity index (χ1n) is 10.8. The van der Waals surface area contributed by atoms with Crippen LogP contribution in [0.2, 0.25) is 5.02 Å². The zero-order valence-corrected chi connectivity index (χ0v) is 18.4. The van der Waals surface area contributed by atoms with Crippen LogP contribution in [0.5, 0.6) is 0 Å². The topological polar surface area (TPSA) is 32.3 Å². The lowest BCUT2D eigenvalue weighted by Gasteiger charge is -2.33. The summed E-state index contributed by atoms with van der Waals surface area (Å²) in [6.07, 6.45) is 2.02. The fraction of sp³-hybridized carbons (Fsp3) is 0.269. The largest absolute Gasteiger partial charge is 0.348 e. The summed E-state index contributed by atoms with van der Waals surface area (Å²) in [6, 6.07) is 19.2. The van der Waals surface area contributed by atoms with Crippen LogP contribution in [0.3, 0.4) is 0 Å². The van der Waals surface area contributed by atoms with Crippen molar-refractivity contribution in [1.29, 1.82) is 0 Å². The predicted octanol–water partition coefficient (Wildman–Crippen LogP) is 5.93. The highest BCUT2D eigenvalue weighted by molar-refractivity contribution is 6.31. The first-order chi connectivity index (χ1) is 15.5. The Kier molecular flexibility index (Phi) is 7.18. The van der Waals surface area contributed by atoms with Crippen molar-refractivity contribution in [2.75, 3.05) is 13.1 Å². The maximum atomic E-state index is 14.1. The van der Waals surface area contributed by atoms with Crippen LogP contribution in [0.4, 0.5) is 8.78 Å². The Morgan fingerprint density at radius 3 is 2.44 bits per heavy atom. The number of hydrogen-bond donors (Lipinski definition) is 1. The second kappa shape index (κ2) is 10.2. The maximum Gasteiger partial charge on any atom is 0.254 e. The van der Waals surface area contributed by atoms with Crippen LogP contribution < -0.4 is 5.32 Å². The Morgan fingerprint density at radius 2 is 1.69 bits per heavy atom. The highest BCUT2D eigenvalue weighted by atomic mass is 35.5. The smallest absolute Gasteiger partial charge is 0.254 e. The van der Waals surface area contributed by atoms with Crippen molar-refractivity contribution in [1.82, 2.24) is 10.2 Å². The normalized spacial score (nSPS) is 15.0. The van der Waals surface area contributed by atoms with Crippen molar-refractivity contribution in [3.8, 4) is 0 Å². The standard InChI is InChI=1S/C26H25ClF2N2O/c27-24-7-3-6-23(25(24)29)26(32)30-16-20-4-1-2-5-22(20)19-12-14-31(15-13-19)17-18-8-10-21(28)11-9-18/h1-11,19H,12-17H2,(H,30,32). The van der Waals surface area contributed by atoms with Crippen LogP contribution in [0.1, 0.15) is 45.8 Å². The molecule has 1 aliphatic heterocycles. The van der Waals surface area contributed by atoms with Crippen molar-refractivity contribution < 1.29 is 13.6 Å². The van der Waals surface area contributed by atoms with Crippen LogP contribution in [0.25, 0.3) is 0 Å². The number of nitrogens with one attached hydrogen (secondary N) is 1. The number of carbonyl (C=O) groups excluding carboxylic acids is 1. The predicted molar refractivity (Wildman–Crippen MR) is 123 cm³/mol. The average molecular weight is 455 g/mol. The number of amides is 1. The molecule has 0 aliphatic carbocycles. The molecule has 166 valence electrons. The van der Waals surface area contributed by atoms with E-state index < -0.39 is 11.7 Å². The summed E-state index contributed by atoms with van der Waals surface area (Å²) in [6.45, 7) is 3.06. The molecule has 0 unspecified atom stereocenters. The molecule has 0 atom stereocenters. The Bertz CT molecular complexity index is 1080. The van der Waals surface area contributed by atoms with Crippen molar-refractivity contribution in [2.45, 2.75) is 31.8 Å². The summed E-state index contributed by atoms with van der Waals surface area (Å²) >= 11 is 5.80. The van der Waals surface area contributed by atoms with Crippen molar-refractivity contribution in [3.05, 3.63) is 106 Å². The molecule has 1 saturated heterocycles. The van der Waals surface area contributed by atoms with E-state index in [0.29, 0.717) is 12.5 Å². The molecular weight excluding hydrogens is 430 g/mol. The number of benzene rings is 3. The van der Waals surface area contributed by atoms with Crippen molar-refractivity contribution in [2.24, 2.45) is 0 Å². The molecule has 0 radical (unpaired) electrons. The molecule has 0 aromatic heterocycles. The first kappa shape index (κ1) is 22.4. The molecule has 4 rings (SSSR count). The van der Waals surface area contributed by atoms with E-state index in [1.807, 2.05) is 30.3 Å². The number of piperidine rings is 1. The van der Waals surface area contributed by atoms with E-state index in [0.717, 1.165) is 43.6 Å². The molecule has 1 fully saturated rings. The van der Waals surface area contributed by atoms with Gasteiger partial charge < -0.3 is 5.32 Å². The molecule has 6 heteroatoms. The van der Waals surface area contributed by atoms with E-state index in [9.17, 15) is 13.6 Å². The summed E-state index contributed by atoms with van der Waals surface area (Å²) in [5, 5.41) is 2.77. The Hall–Kier alpha value is -2.76. The van der Waals surface area contributed by atoms with Gasteiger partial charge in [0.15, 0.2) is 5.82 Å². The van der Waals surface area contributed by atoms with Crippen LogP contribution in [0.15, 0.2) is 66.7 Å². The van der Waals surface area contributed by atoms with E-state index in [4.69, 9.17) is 11.6 Å².